The topological polar surface area (TPSA) is 125 Å². The molecule has 0 amide bonds. The number of alkyl halides is 2. The number of anilines is 1. The fourth-order valence-corrected chi connectivity index (χ4v) is 4.32. The van der Waals surface area contributed by atoms with Crippen molar-refractivity contribution in [3.8, 4) is 0 Å². The number of hydrogen-bond donors (Lipinski definition) is 2. The number of hydrogen-bond acceptors (Lipinski definition) is 7. The highest BCUT2D eigenvalue weighted by molar-refractivity contribution is 7.54. The number of halogens is 2. The zero-order valence-corrected chi connectivity index (χ0v) is 12.5. The molecule has 9 nitrogen and oxygen atoms in total. The van der Waals surface area contributed by atoms with Crippen LogP contribution in [-0.2, 0) is 13.8 Å². The second kappa shape index (κ2) is 4.44. The first-order valence-electron chi connectivity index (χ1n) is 6.69. The van der Waals surface area contributed by atoms with E-state index in [1.807, 2.05) is 0 Å². The molecule has 4 heterocycles. The maximum atomic E-state index is 13.6. The summed E-state index contributed by atoms with van der Waals surface area (Å²) in [6.07, 6.45) is 1.06. The van der Waals surface area contributed by atoms with Crippen molar-refractivity contribution in [2.75, 3.05) is 12.3 Å². The Morgan fingerprint density at radius 3 is 2.91 bits per heavy atom. The van der Waals surface area contributed by atoms with E-state index in [9.17, 15) is 18.2 Å². The van der Waals surface area contributed by atoms with Crippen molar-refractivity contribution in [3.05, 3.63) is 12.7 Å². The summed E-state index contributed by atoms with van der Waals surface area (Å²) in [5.41, 5.74) is 1.15. The van der Waals surface area contributed by atoms with Crippen LogP contribution >= 0.6 is 7.60 Å². The maximum Gasteiger partial charge on any atom is 0.397 e. The summed E-state index contributed by atoms with van der Waals surface area (Å²) in [5, 5.41) is 0. The zero-order chi connectivity index (χ0) is 16.5. The minimum atomic E-state index is -5.00. The smallest absolute Gasteiger partial charge is 0.382 e. The third-order valence-electron chi connectivity index (χ3n) is 4.05. The molecule has 124 valence electrons. The van der Waals surface area contributed by atoms with Crippen LogP contribution in [0.5, 0.6) is 0 Å². The highest BCUT2D eigenvalue weighted by Crippen LogP contribution is 2.70. The van der Waals surface area contributed by atoms with Gasteiger partial charge in [-0.15, -0.1) is 0 Å². The van der Waals surface area contributed by atoms with E-state index in [-0.39, 0.29) is 18.8 Å². The predicted molar refractivity (Wildman–Crippen MR) is 72.5 cm³/mol. The lowest BCUT2D eigenvalue weighted by Gasteiger charge is -2.18. The molecule has 4 rings (SSSR count). The van der Waals surface area contributed by atoms with Gasteiger partial charge in [-0.25, -0.2) is 15.0 Å². The Morgan fingerprint density at radius 2 is 2.22 bits per heavy atom. The van der Waals surface area contributed by atoms with E-state index in [4.69, 9.17) is 15.0 Å². The fraction of sp³-hybridized carbons (Fsp3) is 0.545. The highest BCUT2D eigenvalue weighted by Gasteiger charge is 2.67. The minimum Gasteiger partial charge on any atom is -0.382 e. The molecule has 2 saturated heterocycles. The number of rotatable bonds is 1. The van der Waals surface area contributed by atoms with Gasteiger partial charge in [0.1, 0.15) is 23.7 Å². The van der Waals surface area contributed by atoms with Gasteiger partial charge in [0.2, 0.25) is 0 Å². The number of imidazole rings is 1. The molecule has 2 aromatic heterocycles. The number of nitrogen functional groups attached to an aromatic ring is 1. The molecule has 1 spiro atoms. The Balaban J connectivity index is 1.67. The lowest BCUT2D eigenvalue weighted by Crippen LogP contribution is -2.29. The zero-order valence-electron chi connectivity index (χ0n) is 11.6. The number of nitrogens with zero attached hydrogens (tertiary/aromatic N) is 4. The summed E-state index contributed by atoms with van der Waals surface area (Å²) in [4.78, 5) is 21.3. The van der Waals surface area contributed by atoms with Gasteiger partial charge in [-0.1, -0.05) is 0 Å². The molecule has 0 aliphatic carbocycles. The summed E-state index contributed by atoms with van der Waals surface area (Å²) < 4.78 is 50.7. The summed E-state index contributed by atoms with van der Waals surface area (Å²) in [5.74, 6) is 0.185. The largest absolute Gasteiger partial charge is 0.397 e. The van der Waals surface area contributed by atoms with E-state index < -0.39 is 31.5 Å². The van der Waals surface area contributed by atoms with Crippen LogP contribution < -0.4 is 5.73 Å². The van der Waals surface area contributed by atoms with Gasteiger partial charge in [0.25, 0.3) is 0 Å². The molecular formula is C11H12F2N5O4P. The van der Waals surface area contributed by atoms with Crippen molar-refractivity contribution in [2.45, 2.75) is 30.3 Å². The summed E-state index contributed by atoms with van der Waals surface area (Å²) in [6, 6.07) is 0. The molecular weight excluding hydrogens is 335 g/mol. The molecule has 0 saturated carbocycles. The van der Waals surface area contributed by atoms with E-state index in [0.717, 1.165) is 0 Å². The molecule has 2 aliphatic heterocycles. The molecule has 3 atom stereocenters. The Morgan fingerprint density at radius 1 is 1.43 bits per heavy atom. The standard InChI is InChI=1S/C11H12F2N5O4P/c12-11(13)2-10(22-23(11,19)20)1-6(21-3-10)18-5-17-7-8(14)15-4-16-9(7)18/h4-6H,1-3H2,(H,19,20)(H2,14,15,16)/t6-,10-/m1/s1. The van der Waals surface area contributed by atoms with E-state index in [1.54, 1.807) is 0 Å². The van der Waals surface area contributed by atoms with Crippen LogP contribution in [0.3, 0.4) is 0 Å². The van der Waals surface area contributed by atoms with Crippen LogP contribution in [0, 0.1) is 0 Å². The van der Waals surface area contributed by atoms with Crippen molar-refractivity contribution in [1.29, 1.82) is 0 Å². The average Bonchev–Trinajstić information content (AvgIpc) is 3.06. The summed E-state index contributed by atoms with van der Waals surface area (Å²) in [6.45, 7) is -0.224. The molecule has 1 unspecified atom stereocenters. The number of aromatic nitrogens is 4. The molecule has 0 aromatic carbocycles. The normalized spacial score (nSPS) is 36.2. The number of fused-ring (bicyclic) bond motifs is 1. The lowest BCUT2D eigenvalue weighted by atomic mass is 9.98. The van der Waals surface area contributed by atoms with Crippen molar-refractivity contribution in [2.24, 2.45) is 0 Å². The fourth-order valence-electron chi connectivity index (χ4n) is 2.98. The highest BCUT2D eigenvalue weighted by atomic mass is 31.2. The Labute approximate surface area is 128 Å². The molecule has 3 N–H and O–H groups in total. The third-order valence-corrected chi connectivity index (χ3v) is 5.67. The first-order chi connectivity index (χ1) is 10.7. The quantitative estimate of drug-likeness (QED) is 0.739. The van der Waals surface area contributed by atoms with Crippen LogP contribution in [0.1, 0.15) is 19.1 Å². The molecule has 2 fully saturated rings. The minimum absolute atomic E-state index is 0.0253. The monoisotopic (exact) mass is 347 g/mol. The van der Waals surface area contributed by atoms with Gasteiger partial charge < -0.3 is 15.4 Å². The van der Waals surface area contributed by atoms with E-state index in [2.05, 4.69) is 15.0 Å². The third kappa shape index (κ3) is 2.08. The average molecular weight is 347 g/mol. The van der Waals surface area contributed by atoms with Crippen LogP contribution in [0.4, 0.5) is 14.6 Å². The molecule has 2 aliphatic rings. The van der Waals surface area contributed by atoms with Crippen LogP contribution in [0.25, 0.3) is 11.2 Å². The van der Waals surface area contributed by atoms with Crippen molar-refractivity contribution in [3.63, 3.8) is 0 Å². The molecule has 12 heteroatoms. The van der Waals surface area contributed by atoms with Gasteiger partial charge in [-0.3, -0.25) is 13.7 Å². The van der Waals surface area contributed by atoms with Gasteiger partial charge in [0.15, 0.2) is 11.5 Å². The van der Waals surface area contributed by atoms with Crippen molar-refractivity contribution < 1.29 is 27.5 Å². The van der Waals surface area contributed by atoms with Crippen LogP contribution in [0.2, 0.25) is 0 Å². The second-order valence-corrected chi connectivity index (χ2v) is 7.57. The summed E-state index contributed by atoms with van der Waals surface area (Å²) in [7, 11) is -5.00. The molecule has 2 aromatic rings. The SMILES string of the molecule is Nc1ncnc2c1ncn2[C@H]1C[C@]2(CO1)CC(F)(F)P(=O)(O)O2. The van der Waals surface area contributed by atoms with E-state index in [0.29, 0.717) is 11.2 Å². The number of nitrogens with two attached hydrogens (primary N) is 1. The van der Waals surface area contributed by atoms with Gasteiger partial charge in [-0.2, -0.15) is 8.78 Å². The van der Waals surface area contributed by atoms with E-state index in [1.165, 1.54) is 17.2 Å². The lowest BCUT2D eigenvalue weighted by molar-refractivity contribution is 0.0178. The second-order valence-electron chi connectivity index (χ2n) is 5.69. The number of ether oxygens (including phenoxy) is 1. The van der Waals surface area contributed by atoms with Crippen LogP contribution in [0.15, 0.2) is 12.7 Å². The van der Waals surface area contributed by atoms with Crippen molar-refractivity contribution >= 4 is 24.6 Å². The predicted octanol–water partition coefficient (Wildman–Crippen LogP) is 1.26. The first kappa shape index (κ1) is 14.9. The van der Waals surface area contributed by atoms with Gasteiger partial charge in [0, 0.05) is 6.42 Å². The van der Waals surface area contributed by atoms with Gasteiger partial charge in [-0.05, 0) is 0 Å². The molecule has 0 bridgehead atoms. The maximum absolute atomic E-state index is 13.6. The molecule has 0 radical (unpaired) electrons. The van der Waals surface area contributed by atoms with Crippen molar-refractivity contribution in [1.82, 2.24) is 19.5 Å². The van der Waals surface area contributed by atoms with Crippen LogP contribution in [-0.4, -0.2) is 42.3 Å². The first-order valence-corrected chi connectivity index (χ1v) is 8.27. The van der Waals surface area contributed by atoms with Gasteiger partial charge >= 0.3 is 13.3 Å². The summed E-state index contributed by atoms with van der Waals surface area (Å²) >= 11 is 0. The van der Waals surface area contributed by atoms with E-state index >= 15 is 0 Å². The molecule has 23 heavy (non-hydrogen) atoms. The Hall–Kier alpha value is -1.68. The van der Waals surface area contributed by atoms with Gasteiger partial charge in [0.05, 0.1) is 19.4 Å². The Bertz CT molecular complexity index is 845. The Kier molecular flexibility index (Phi) is 2.87.